The molecule has 5 N–H and O–H groups in total. The van der Waals surface area contributed by atoms with Gasteiger partial charge in [0.05, 0.1) is 17.7 Å². The first-order valence-corrected chi connectivity index (χ1v) is 9.96. The zero-order valence-corrected chi connectivity index (χ0v) is 16.6. The smallest absolute Gasteiger partial charge is 0.262 e. The molecule has 2 heterocycles. The zero-order valence-electron chi connectivity index (χ0n) is 16.6. The molecule has 1 aromatic carbocycles. The molecule has 1 unspecified atom stereocenters. The summed E-state index contributed by atoms with van der Waals surface area (Å²) in [5.41, 5.74) is 4.03. The molecule has 5 amide bonds. The number of hydrogen-bond donors (Lipinski definition) is 3. The second-order valence-corrected chi connectivity index (χ2v) is 7.21. The highest BCUT2D eigenvalue weighted by Crippen LogP contribution is 2.30. The Morgan fingerprint density at radius 3 is 2.63 bits per heavy atom. The maximum absolute atomic E-state index is 12.8. The number of hydrogen-bond acceptors (Lipinski definition) is 6. The molecule has 1 saturated heterocycles. The van der Waals surface area contributed by atoms with E-state index in [1.54, 1.807) is 0 Å². The van der Waals surface area contributed by atoms with Crippen molar-refractivity contribution in [3.63, 3.8) is 0 Å². The van der Waals surface area contributed by atoms with Gasteiger partial charge >= 0.3 is 0 Å². The van der Waals surface area contributed by atoms with Gasteiger partial charge in [-0.3, -0.25) is 34.2 Å². The van der Waals surface area contributed by atoms with Crippen LogP contribution in [-0.2, 0) is 14.4 Å². The first-order chi connectivity index (χ1) is 14.4. The first-order valence-electron chi connectivity index (χ1n) is 9.96. The van der Waals surface area contributed by atoms with E-state index in [2.05, 4.69) is 16.4 Å². The Bertz CT molecular complexity index is 884. The van der Waals surface area contributed by atoms with Crippen LogP contribution in [0.3, 0.4) is 0 Å². The van der Waals surface area contributed by atoms with E-state index in [4.69, 9.17) is 4.74 Å². The molecule has 2 aliphatic heterocycles. The van der Waals surface area contributed by atoms with Gasteiger partial charge in [0.15, 0.2) is 6.61 Å². The van der Waals surface area contributed by atoms with Gasteiger partial charge in [-0.05, 0) is 43.9 Å². The van der Waals surface area contributed by atoms with Crippen molar-refractivity contribution in [2.45, 2.75) is 38.1 Å². The molecule has 30 heavy (non-hydrogen) atoms. The monoisotopic (exact) mass is 417 g/mol. The fourth-order valence-corrected chi connectivity index (χ4v) is 3.45. The fourth-order valence-electron chi connectivity index (χ4n) is 3.45. The third-order valence-corrected chi connectivity index (χ3v) is 5.03. The standard InChI is InChI=1S/C20H24N4O6/c21-8-2-1-3-9-22-17(26)11-30-12-4-5-13-14(10-12)20(29)24(19(13)28)15-6-7-16(25)23-18(15)27/h4-5,10,15H,1-3,6-9,11,21H2,(H,22,26)(H,23,25,27)/p+1. The van der Waals surface area contributed by atoms with E-state index < -0.39 is 29.7 Å². The molecule has 160 valence electrons. The SMILES string of the molecule is [NH3+]CCCCCNC(=O)COc1ccc2c(c1)C(=O)N(C1CCC(=O)NC1=O)C2=O. The van der Waals surface area contributed by atoms with Crippen molar-refractivity contribution in [1.29, 1.82) is 0 Å². The normalized spacial score (nSPS) is 18.3. The number of unbranched alkanes of at least 4 members (excludes halogenated alkanes) is 2. The lowest BCUT2D eigenvalue weighted by molar-refractivity contribution is -0.368. The number of carbonyl (C=O) groups is 5. The largest absolute Gasteiger partial charge is 0.484 e. The molecule has 10 nitrogen and oxygen atoms in total. The summed E-state index contributed by atoms with van der Waals surface area (Å²) in [4.78, 5) is 61.5. The second kappa shape index (κ2) is 9.49. The maximum atomic E-state index is 12.8. The van der Waals surface area contributed by atoms with Crippen LogP contribution in [0.4, 0.5) is 0 Å². The quantitative estimate of drug-likeness (QED) is 0.346. The molecular weight excluding hydrogens is 392 g/mol. The predicted octanol–water partition coefficient (Wildman–Crippen LogP) is -1.00. The lowest BCUT2D eigenvalue weighted by atomic mass is 10.0. The summed E-state index contributed by atoms with van der Waals surface area (Å²) in [5, 5.41) is 4.90. The number of quaternary nitrogens is 1. The number of rotatable bonds is 9. The van der Waals surface area contributed by atoms with Crippen LogP contribution in [-0.4, -0.2) is 60.2 Å². The Balaban J connectivity index is 1.59. The van der Waals surface area contributed by atoms with Crippen LogP contribution in [0.5, 0.6) is 5.75 Å². The minimum atomic E-state index is -1.02. The van der Waals surface area contributed by atoms with E-state index >= 15 is 0 Å². The van der Waals surface area contributed by atoms with Crippen LogP contribution in [0.2, 0.25) is 0 Å². The summed E-state index contributed by atoms with van der Waals surface area (Å²) >= 11 is 0. The molecule has 0 radical (unpaired) electrons. The molecule has 1 aromatic rings. The molecule has 0 aliphatic carbocycles. The second-order valence-electron chi connectivity index (χ2n) is 7.21. The lowest BCUT2D eigenvalue weighted by Crippen LogP contribution is -2.54. The highest BCUT2D eigenvalue weighted by atomic mass is 16.5. The third-order valence-electron chi connectivity index (χ3n) is 5.03. The van der Waals surface area contributed by atoms with Gasteiger partial charge in [-0.2, -0.15) is 0 Å². The average molecular weight is 417 g/mol. The van der Waals surface area contributed by atoms with Crippen molar-refractivity contribution >= 4 is 29.5 Å². The predicted molar refractivity (Wildman–Crippen MR) is 103 cm³/mol. The first kappa shape index (κ1) is 21.4. The average Bonchev–Trinajstić information content (AvgIpc) is 2.96. The van der Waals surface area contributed by atoms with Crippen LogP contribution in [0.15, 0.2) is 18.2 Å². The summed E-state index contributed by atoms with van der Waals surface area (Å²) in [6.45, 7) is 1.21. The lowest BCUT2D eigenvalue weighted by Gasteiger charge is -2.27. The van der Waals surface area contributed by atoms with Gasteiger partial charge in [0, 0.05) is 13.0 Å². The molecule has 0 bridgehead atoms. The molecule has 0 aromatic heterocycles. The van der Waals surface area contributed by atoms with Crippen molar-refractivity contribution < 1.29 is 34.4 Å². The highest BCUT2D eigenvalue weighted by Gasteiger charge is 2.44. The summed E-state index contributed by atoms with van der Waals surface area (Å²) in [7, 11) is 0. The molecule has 3 rings (SSSR count). The summed E-state index contributed by atoms with van der Waals surface area (Å²) in [6.07, 6.45) is 3.03. The maximum Gasteiger partial charge on any atom is 0.262 e. The number of ether oxygens (including phenoxy) is 1. The third kappa shape index (κ3) is 4.65. The van der Waals surface area contributed by atoms with Crippen molar-refractivity contribution in [3.8, 4) is 5.75 Å². The van der Waals surface area contributed by atoms with Crippen LogP contribution in [0, 0.1) is 0 Å². The number of amides is 5. The molecule has 1 fully saturated rings. The Hall–Kier alpha value is -3.27. The number of imide groups is 2. The molecule has 0 spiro atoms. The van der Waals surface area contributed by atoms with Crippen LogP contribution in [0.1, 0.15) is 52.8 Å². The Morgan fingerprint density at radius 1 is 1.13 bits per heavy atom. The Kier molecular flexibility index (Phi) is 6.78. The highest BCUT2D eigenvalue weighted by molar-refractivity contribution is 6.23. The van der Waals surface area contributed by atoms with E-state index in [1.165, 1.54) is 18.2 Å². The molecule has 0 saturated carbocycles. The summed E-state index contributed by atoms with van der Waals surface area (Å²) < 4.78 is 5.44. The minimum Gasteiger partial charge on any atom is -0.484 e. The van der Waals surface area contributed by atoms with Gasteiger partial charge < -0.3 is 15.8 Å². The number of piperidine rings is 1. The number of fused-ring (bicyclic) bond motifs is 1. The molecule has 10 heteroatoms. The van der Waals surface area contributed by atoms with E-state index in [-0.39, 0.29) is 42.2 Å². The molecule has 2 aliphatic rings. The van der Waals surface area contributed by atoms with Crippen molar-refractivity contribution in [1.82, 2.24) is 15.5 Å². The van der Waals surface area contributed by atoms with E-state index in [1.807, 2.05) is 0 Å². The van der Waals surface area contributed by atoms with Crippen molar-refractivity contribution in [2.24, 2.45) is 0 Å². The fraction of sp³-hybridized carbons (Fsp3) is 0.450. The van der Waals surface area contributed by atoms with E-state index in [9.17, 15) is 24.0 Å². The van der Waals surface area contributed by atoms with E-state index in [0.29, 0.717) is 6.54 Å². The Morgan fingerprint density at radius 2 is 1.90 bits per heavy atom. The number of nitrogens with one attached hydrogen (secondary N) is 2. The minimum absolute atomic E-state index is 0.0582. The summed E-state index contributed by atoms with van der Waals surface area (Å²) in [5.74, 6) is -2.31. The van der Waals surface area contributed by atoms with E-state index in [0.717, 1.165) is 30.7 Å². The van der Waals surface area contributed by atoms with Crippen LogP contribution in [0.25, 0.3) is 0 Å². The summed E-state index contributed by atoms with van der Waals surface area (Å²) in [6, 6.07) is 3.31. The van der Waals surface area contributed by atoms with Gasteiger partial charge in [-0.15, -0.1) is 0 Å². The molecular formula is C20H25N4O6+. The van der Waals surface area contributed by atoms with Gasteiger partial charge in [0.1, 0.15) is 11.8 Å². The Labute approximate surface area is 173 Å². The number of benzene rings is 1. The van der Waals surface area contributed by atoms with Gasteiger partial charge in [-0.1, -0.05) is 0 Å². The van der Waals surface area contributed by atoms with Gasteiger partial charge in [0.25, 0.3) is 17.7 Å². The van der Waals surface area contributed by atoms with Gasteiger partial charge in [-0.25, -0.2) is 0 Å². The topological polar surface area (TPSA) is 150 Å². The van der Waals surface area contributed by atoms with Crippen molar-refractivity contribution in [2.75, 3.05) is 19.7 Å². The van der Waals surface area contributed by atoms with Crippen LogP contribution < -0.4 is 21.1 Å². The molecule has 1 atom stereocenters. The van der Waals surface area contributed by atoms with Crippen molar-refractivity contribution in [3.05, 3.63) is 29.3 Å². The number of carbonyl (C=O) groups excluding carboxylic acids is 5. The van der Waals surface area contributed by atoms with Crippen LogP contribution >= 0.6 is 0 Å². The zero-order chi connectivity index (χ0) is 21.7. The number of nitrogens with zero attached hydrogens (tertiary/aromatic N) is 1. The van der Waals surface area contributed by atoms with Gasteiger partial charge in [0.2, 0.25) is 11.8 Å².